The number of hydrogen-bond donors (Lipinski definition) is 3. The van der Waals surface area contributed by atoms with Crippen LogP contribution in [0.15, 0.2) is 22.3 Å². The lowest BCUT2D eigenvalue weighted by molar-refractivity contribution is -0.150. The molecule has 27 heavy (non-hydrogen) atoms. The number of thioether (sulfide) groups is 1. The van der Waals surface area contributed by atoms with Gasteiger partial charge >= 0.3 is 5.97 Å². The molecule has 3 heterocycles. The summed E-state index contributed by atoms with van der Waals surface area (Å²) in [6.45, 7) is 0.0827. The Kier molecular flexibility index (Phi) is 5.87. The number of oxime groups is 1. The fraction of sp³-hybridized carbons (Fsp3) is 0.357. The zero-order valence-electron chi connectivity index (χ0n) is 13.6. The van der Waals surface area contributed by atoms with Gasteiger partial charge in [-0.3, -0.25) is 14.5 Å². The largest absolute Gasteiger partial charge is 0.477 e. The number of fused-ring (bicyclic) bond motifs is 1. The molecule has 0 saturated carbocycles. The van der Waals surface area contributed by atoms with Crippen LogP contribution >= 0.6 is 34.7 Å². The molecule has 1 aromatic heterocycles. The Bertz CT molecular complexity index is 842. The number of carboxylic acids is 1. The molecule has 0 aromatic carbocycles. The van der Waals surface area contributed by atoms with Crippen molar-refractivity contribution < 1.29 is 24.3 Å². The van der Waals surface area contributed by atoms with Crippen LogP contribution in [0.5, 0.6) is 0 Å². The Morgan fingerprint density at radius 1 is 1.56 bits per heavy atom. The molecule has 2 aliphatic heterocycles. The molecular formula is C14H14ClN5O5S2. The number of nitrogens with zero attached hydrogens (tertiary/aromatic N) is 3. The number of anilines is 1. The second-order valence-corrected chi connectivity index (χ2v) is 7.73. The highest BCUT2D eigenvalue weighted by atomic mass is 35.5. The van der Waals surface area contributed by atoms with E-state index in [9.17, 15) is 19.5 Å². The van der Waals surface area contributed by atoms with Gasteiger partial charge in [0.1, 0.15) is 29.4 Å². The molecule has 1 aromatic rings. The van der Waals surface area contributed by atoms with E-state index in [0.29, 0.717) is 5.75 Å². The summed E-state index contributed by atoms with van der Waals surface area (Å²) in [7, 11) is 0. The summed E-state index contributed by atoms with van der Waals surface area (Å²) in [5, 5.41) is 16.8. The summed E-state index contributed by atoms with van der Waals surface area (Å²) in [4.78, 5) is 46.4. The number of amides is 2. The summed E-state index contributed by atoms with van der Waals surface area (Å²) in [5.74, 6) is -1.78. The van der Waals surface area contributed by atoms with Gasteiger partial charge in [-0.05, 0) is 6.08 Å². The quantitative estimate of drug-likeness (QED) is 0.180. The third-order valence-corrected chi connectivity index (χ3v) is 5.67. The maximum absolute atomic E-state index is 12.6. The van der Waals surface area contributed by atoms with E-state index in [4.69, 9.17) is 22.2 Å². The second-order valence-electron chi connectivity index (χ2n) is 5.31. The van der Waals surface area contributed by atoms with E-state index in [1.54, 1.807) is 0 Å². The van der Waals surface area contributed by atoms with Gasteiger partial charge < -0.3 is 21.0 Å². The van der Waals surface area contributed by atoms with E-state index in [0.717, 1.165) is 16.2 Å². The Hall–Kier alpha value is -2.31. The van der Waals surface area contributed by atoms with Gasteiger partial charge in [0.15, 0.2) is 10.8 Å². The normalized spacial score (nSPS) is 21.8. The molecule has 0 spiro atoms. The average Bonchev–Trinajstić information content (AvgIpc) is 3.08. The highest BCUT2D eigenvalue weighted by Gasteiger charge is 2.53. The fourth-order valence-electron chi connectivity index (χ4n) is 2.49. The van der Waals surface area contributed by atoms with Crippen molar-refractivity contribution >= 4 is 63.3 Å². The van der Waals surface area contributed by atoms with Gasteiger partial charge in [0.05, 0.1) is 5.88 Å². The van der Waals surface area contributed by atoms with Crippen LogP contribution in [0, 0.1) is 0 Å². The van der Waals surface area contributed by atoms with Crippen molar-refractivity contribution in [3.8, 4) is 0 Å². The topological polar surface area (TPSA) is 147 Å². The molecule has 3 rings (SSSR count). The first kappa shape index (κ1) is 19.5. The van der Waals surface area contributed by atoms with Crippen LogP contribution < -0.4 is 11.1 Å². The SMILES string of the molecule is Nc1nc(C(=NOCCCl)C(=O)NC2C(=O)N3C(C(=O)O)=CCS[C@H]23)cs1. The molecule has 1 saturated heterocycles. The monoisotopic (exact) mass is 431 g/mol. The van der Waals surface area contributed by atoms with E-state index in [1.165, 1.54) is 23.2 Å². The fourth-order valence-corrected chi connectivity index (χ4v) is 4.30. The zero-order chi connectivity index (χ0) is 19.6. The summed E-state index contributed by atoms with van der Waals surface area (Å²) >= 11 is 8.00. The summed E-state index contributed by atoms with van der Waals surface area (Å²) in [6, 6.07) is -0.875. The van der Waals surface area contributed by atoms with Gasteiger partial charge in [0.2, 0.25) is 0 Å². The molecule has 0 aliphatic carbocycles. The highest BCUT2D eigenvalue weighted by Crippen LogP contribution is 2.37. The summed E-state index contributed by atoms with van der Waals surface area (Å²) < 4.78 is 0. The lowest BCUT2D eigenvalue weighted by Gasteiger charge is -2.48. The average molecular weight is 432 g/mol. The number of nitrogens with one attached hydrogen (secondary N) is 1. The Balaban J connectivity index is 1.75. The molecule has 0 radical (unpaired) electrons. The Morgan fingerprint density at radius 3 is 2.96 bits per heavy atom. The van der Waals surface area contributed by atoms with Crippen molar-refractivity contribution in [1.29, 1.82) is 0 Å². The first-order valence-corrected chi connectivity index (χ1v) is 10.1. The number of aliphatic carboxylic acids is 1. The molecular weight excluding hydrogens is 418 g/mol. The van der Waals surface area contributed by atoms with Crippen molar-refractivity contribution in [3.63, 3.8) is 0 Å². The predicted molar refractivity (Wildman–Crippen MR) is 100 cm³/mol. The zero-order valence-corrected chi connectivity index (χ0v) is 16.0. The van der Waals surface area contributed by atoms with E-state index in [2.05, 4.69) is 15.5 Å². The van der Waals surface area contributed by atoms with Gasteiger partial charge in [0, 0.05) is 11.1 Å². The predicted octanol–water partition coefficient (Wildman–Crippen LogP) is 0.0532. The van der Waals surface area contributed by atoms with Crippen molar-refractivity contribution in [3.05, 3.63) is 22.8 Å². The van der Waals surface area contributed by atoms with E-state index in [-0.39, 0.29) is 34.7 Å². The van der Waals surface area contributed by atoms with E-state index < -0.39 is 29.2 Å². The minimum atomic E-state index is -1.19. The molecule has 4 N–H and O–H groups in total. The lowest BCUT2D eigenvalue weighted by atomic mass is 10.0. The Morgan fingerprint density at radius 2 is 2.33 bits per heavy atom. The number of nitrogens with two attached hydrogens (primary N) is 1. The minimum absolute atomic E-state index is 0.0825. The number of carboxylic acid groups (broad SMARTS) is 1. The number of carbonyl (C=O) groups is 3. The molecule has 1 fully saturated rings. The smallest absolute Gasteiger partial charge is 0.352 e. The Labute approximate surface area is 166 Å². The van der Waals surface area contributed by atoms with Crippen molar-refractivity contribution in [2.24, 2.45) is 5.16 Å². The molecule has 2 aliphatic rings. The first-order chi connectivity index (χ1) is 12.9. The minimum Gasteiger partial charge on any atom is -0.477 e. The molecule has 0 bridgehead atoms. The highest BCUT2D eigenvalue weighted by molar-refractivity contribution is 8.00. The van der Waals surface area contributed by atoms with Gasteiger partial charge in [-0.2, -0.15) is 0 Å². The molecule has 144 valence electrons. The number of rotatable bonds is 7. The van der Waals surface area contributed by atoms with Crippen LogP contribution in [0.2, 0.25) is 0 Å². The number of aromatic nitrogens is 1. The maximum Gasteiger partial charge on any atom is 0.352 e. The van der Waals surface area contributed by atoms with Crippen LogP contribution in [-0.4, -0.2) is 68.1 Å². The number of thiazole rings is 1. The van der Waals surface area contributed by atoms with Crippen LogP contribution in [0.3, 0.4) is 0 Å². The summed E-state index contributed by atoms with van der Waals surface area (Å²) in [5.41, 5.74) is 5.57. The van der Waals surface area contributed by atoms with Crippen LogP contribution in [0.25, 0.3) is 0 Å². The van der Waals surface area contributed by atoms with E-state index in [1.807, 2.05) is 0 Å². The van der Waals surface area contributed by atoms with Crippen LogP contribution in [0.1, 0.15) is 5.69 Å². The summed E-state index contributed by atoms with van der Waals surface area (Å²) in [6.07, 6.45) is 1.46. The van der Waals surface area contributed by atoms with E-state index >= 15 is 0 Å². The standard InChI is InChI=1S/C14H14ClN5O5S2/c15-2-3-25-19-8(6-5-27-14(16)17-6)10(21)18-9-11(22)20-7(13(23)24)1-4-26-12(9)20/h1,5,9,12H,2-4H2,(H2,16,17)(H,18,21)(H,23,24)/t9?,12-/m1/s1. The van der Waals surface area contributed by atoms with Gasteiger partial charge in [0.25, 0.3) is 11.8 Å². The van der Waals surface area contributed by atoms with Crippen molar-refractivity contribution in [2.75, 3.05) is 24.0 Å². The van der Waals surface area contributed by atoms with Gasteiger partial charge in [-0.25, -0.2) is 9.78 Å². The number of β-lactam (4-membered cyclic amide) rings is 1. The second kappa shape index (κ2) is 8.15. The van der Waals surface area contributed by atoms with Crippen molar-refractivity contribution in [1.82, 2.24) is 15.2 Å². The van der Waals surface area contributed by atoms with Gasteiger partial charge in [-0.15, -0.1) is 34.7 Å². The number of carbonyl (C=O) groups excluding carboxylic acids is 2. The number of nitrogen functional groups attached to an aromatic ring is 1. The van der Waals surface area contributed by atoms with Gasteiger partial charge in [-0.1, -0.05) is 5.16 Å². The number of hydrogen-bond acceptors (Lipinski definition) is 9. The van der Waals surface area contributed by atoms with Crippen LogP contribution in [-0.2, 0) is 19.2 Å². The number of alkyl halides is 1. The lowest BCUT2D eigenvalue weighted by Crippen LogP contribution is -2.70. The third-order valence-electron chi connectivity index (χ3n) is 3.66. The molecule has 2 amide bonds. The first-order valence-electron chi connectivity index (χ1n) is 7.60. The maximum atomic E-state index is 12.6. The van der Waals surface area contributed by atoms with Crippen LogP contribution in [0.4, 0.5) is 5.13 Å². The molecule has 1 unspecified atom stereocenters. The molecule has 2 atom stereocenters. The van der Waals surface area contributed by atoms with Crippen molar-refractivity contribution in [2.45, 2.75) is 11.4 Å². The number of halogens is 1. The third kappa shape index (κ3) is 3.87. The molecule has 13 heteroatoms. The molecule has 10 nitrogen and oxygen atoms in total.